The summed E-state index contributed by atoms with van der Waals surface area (Å²) in [6.45, 7) is 12.2. The van der Waals surface area contributed by atoms with E-state index in [0.717, 1.165) is 17.5 Å². The van der Waals surface area contributed by atoms with E-state index in [4.69, 9.17) is 0 Å². The maximum absolute atomic E-state index is 4.40. The maximum Gasteiger partial charge on any atom is 0.157 e. The van der Waals surface area contributed by atoms with Gasteiger partial charge in [-0.25, -0.2) is 0 Å². The lowest BCUT2D eigenvalue weighted by atomic mass is 9.76. The van der Waals surface area contributed by atoms with Crippen LogP contribution in [0.5, 0.6) is 0 Å². The van der Waals surface area contributed by atoms with Crippen LogP contribution < -0.4 is 5.32 Å². The Morgan fingerprint density at radius 3 is 2.23 bits per heavy atom. The zero-order chi connectivity index (χ0) is 10.1. The molecule has 1 rings (SSSR count). The van der Waals surface area contributed by atoms with Crippen LogP contribution in [-0.4, -0.2) is 23.0 Å². The van der Waals surface area contributed by atoms with Gasteiger partial charge in [0.25, 0.3) is 0 Å². The summed E-state index contributed by atoms with van der Waals surface area (Å²) in [7, 11) is 0. The van der Waals surface area contributed by atoms with E-state index in [1.54, 1.807) is 0 Å². The van der Waals surface area contributed by atoms with Gasteiger partial charge < -0.3 is 5.32 Å². The normalized spacial score (nSPS) is 18.7. The summed E-state index contributed by atoms with van der Waals surface area (Å²) in [6, 6.07) is 0. The Balaban J connectivity index is 2.61. The van der Waals surface area contributed by atoms with Crippen LogP contribution in [0.3, 0.4) is 0 Å². The molecule has 0 unspecified atom stereocenters. The van der Waals surface area contributed by atoms with Gasteiger partial charge >= 0.3 is 0 Å². The van der Waals surface area contributed by atoms with Crippen molar-refractivity contribution in [2.45, 2.75) is 40.2 Å². The van der Waals surface area contributed by atoms with Gasteiger partial charge in [-0.1, -0.05) is 32.5 Å². The molecular weight excluding hydrogens is 180 g/mol. The third-order valence-corrected chi connectivity index (χ3v) is 3.77. The molecule has 0 aromatic heterocycles. The van der Waals surface area contributed by atoms with Crippen LogP contribution in [0.15, 0.2) is 4.99 Å². The predicted molar refractivity (Wildman–Crippen MR) is 61.4 cm³/mol. The molecule has 1 aliphatic heterocycles. The molecule has 2 nitrogen and oxygen atoms in total. The van der Waals surface area contributed by atoms with Gasteiger partial charge in [-0.2, -0.15) is 0 Å². The van der Waals surface area contributed by atoms with Crippen LogP contribution >= 0.6 is 11.8 Å². The van der Waals surface area contributed by atoms with E-state index in [1.807, 2.05) is 11.8 Å². The third-order valence-electron chi connectivity index (χ3n) is 2.88. The highest BCUT2D eigenvalue weighted by molar-refractivity contribution is 8.14. The molecule has 0 aromatic carbocycles. The van der Waals surface area contributed by atoms with Crippen molar-refractivity contribution in [3.05, 3.63) is 0 Å². The van der Waals surface area contributed by atoms with E-state index in [0.29, 0.717) is 0 Å². The molecule has 0 bridgehead atoms. The molecule has 0 amide bonds. The molecule has 0 fully saturated rings. The Morgan fingerprint density at radius 2 is 1.85 bits per heavy atom. The zero-order valence-electron chi connectivity index (χ0n) is 9.27. The summed E-state index contributed by atoms with van der Waals surface area (Å²) in [5, 5.41) is 4.62. The number of hydrogen-bond donors (Lipinski definition) is 1. The van der Waals surface area contributed by atoms with E-state index < -0.39 is 0 Å². The third kappa shape index (κ3) is 2.63. The van der Waals surface area contributed by atoms with Gasteiger partial charge in [0, 0.05) is 11.3 Å². The topological polar surface area (TPSA) is 24.4 Å². The first-order valence-electron chi connectivity index (χ1n) is 4.78. The predicted octanol–water partition coefficient (Wildman–Crippen LogP) is 2.50. The maximum atomic E-state index is 4.40. The monoisotopic (exact) mass is 200 g/mol. The standard InChI is InChI=1S/C10H20N2S/c1-9(2,3)10(4,5)12-8-11-6-7-13-8/h6-7H2,1-5H3,(H,11,12). The molecule has 0 aliphatic carbocycles. The number of nitrogens with one attached hydrogen (secondary N) is 1. The lowest BCUT2D eigenvalue weighted by Gasteiger charge is -2.40. The molecule has 1 heterocycles. The van der Waals surface area contributed by atoms with Crippen molar-refractivity contribution >= 4 is 16.9 Å². The summed E-state index contributed by atoms with van der Waals surface area (Å²) in [5.41, 5.74) is 0.349. The highest BCUT2D eigenvalue weighted by Crippen LogP contribution is 2.30. The van der Waals surface area contributed by atoms with Crippen LogP contribution in [-0.2, 0) is 0 Å². The minimum absolute atomic E-state index is 0.100. The van der Waals surface area contributed by atoms with Gasteiger partial charge in [0.1, 0.15) is 0 Å². The Kier molecular flexibility index (Phi) is 2.95. The quantitative estimate of drug-likeness (QED) is 0.703. The summed E-state index contributed by atoms with van der Waals surface area (Å²) in [4.78, 5) is 4.40. The van der Waals surface area contributed by atoms with Crippen molar-refractivity contribution in [1.82, 2.24) is 5.32 Å². The smallest absolute Gasteiger partial charge is 0.157 e. The Bertz CT molecular complexity index is 213. The zero-order valence-corrected chi connectivity index (χ0v) is 10.1. The average molecular weight is 200 g/mol. The highest BCUT2D eigenvalue weighted by atomic mass is 32.2. The Labute approximate surface area is 85.6 Å². The van der Waals surface area contributed by atoms with Crippen LogP contribution in [0.2, 0.25) is 0 Å². The van der Waals surface area contributed by atoms with E-state index in [-0.39, 0.29) is 11.0 Å². The number of hydrogen-bond acceptors (Lipinski definition) is 3. The van der Waals surface area contributed by atoms with E-state index >= 15 is 0 Å². The summed E-state index contributed by atoms with van der Waals surface area (Å²) >= 11 is 1.82. The molecule has 0 radical (unpaired) electrons. The van der Waals surface area contributed by atoms with E-state index in [1.165, 1.54) is 0 Å². The molecular formula is C10H20N2S. The molecule has 1 aliphatic rings. The number of thioether (sulfide) groups is 1. The van der Waals surface area contributed by atoms with Crippen LogP contribution in [0.1, 0.15) is 34.6 Å². The van der Waals surface area contributed by atoms with Gasteiger partial charge in [0.05, 0.1) is 6.54 Å². The Morgan fingerprint density at radius 1 is 1.23 bits per heavy atom. The van der Waals surface area contributed by atoms with Crippen molar-refractivity contribution < 1.29 is 0 Å². The number of nitrogens with zero attached hydrogens (tertiary/aromatic N) is 1. The minimum Gasteiger partial charge on any atom is -0.360 e. The fraction of sp³-hybridized carbons (Fsp3) is 0.900. The SMILES string of the molecule is CC(C)(C)C(C)(C)NC1=NCCS1. The molecule has 1 N–H and O–H groups in total. The summed E-state index contributed by atoms with van der Waals surface area (Å²) in [5.74, 6) is 1.13. The lowest BCUT2D eigenvalue weighted by Crippen LogP contribution is -2.51. The van der Waals surface area contributed by atoms with Crippen molar-refractivity contribution in [2.24, 2.45) is 10.4 Å². The fourth-order valence-corrected chi connectivity index (χ4v) is 1.75. The highest BCUT2D eigenvalue weighted by Gasteiger charge is 2.33. The minimum atomic E-state index is 0.100. The van der Waals surface area contributed by atoms with Gasteiger partial charge in [0.15, 0.2) is 5.17 Å². The number of amidine groups is 1. The van der Waals surface area contributed by atoms with Gasteiger partial charge in [0.2, 0.25) is 0 Å². The second kappa shape index (κ2) is 3.52. The molecule has 76 valence electrons. The first-order chi connectivity index (χ1) is 5.83. The van der Waals surface area contributed by atoms with Gasteiger partial charge in [-0.3, -0.25) is 4.99 Å². The summed E-state index contributed by atoms with van der Waals surface area (Å²) < 4.78 is 0. The second-order valence-electron chi connectivity index (χ2n) is 5.04. The summed E-state index contributed by atoms with van der Waals surface area (Å²) in [6.07, 6.45) is 0. The molecule has 0 atom stereocenters. The number of rotatable bonds is 1. The molecule has 0 saturated heterocycles. The first kappa shape index (κ1) is 10.9. The second-order valence-corrected chi connectivity index (χ2v) is 6.12. The van der Waals surface area contributed by atoms with Crippen molar-refractivity contribution in [3.8, 4) is 0 Å². The fourth-order valence-electron chi connectivity index (χ4n) is 0.866. The molecule has 0 saturated carbocycles. The van der Waals surface area contributed by atoms with Crippen LogP contribution in [0, 0.1) is 5.41 Å². The molecule has 13 heavy (non-hydrogen) atoms. The first-order valence-corrected chi connectivity index (χ1v) is 5.77. The molecule has 0 spiro atoms. The number of aliphatic imine (C=N–C) groups is 1. The van der Waals surface area contributed by atoms with E-state index in [9.17, 15) is 0 Å². The van der Waals surface area contributed by atoms with Crippen molar-refractivity contribution in [1.29, 1.82) is 0 Å². The largest absolute Gasteiger partial charge is 0.360 e. The van der Waals surface area contributed by atoms with Crippen LogP contribution in [0.25, 0.3) is 0 Å². The van der Waals surface area contributed by atoms with Crippen molar-refractivity contribution in [3.63, 3.8) is 0 Å². The van der Waals surface area contributed by atoms with E-state index in [2.05, 4.69) is 44.9 Å². The van der Waals surface area contributed by atoms with Gasteiger partial charge in [-0.15, -0.1) is 0 Å². The molecule has 0 aromatic rings. The Hall–Kier alpha value is -0.180. The van der Waals surface area contributed by atoms with Crippen LogP contribution in [0.4, 0.5) is 0 Å². The lowest BCUT2D eigenvalue weighted by molar-refractivity contribution is 0.206. The van der Waals surface area contributed by atoms with Gasteiger partial charge in [-0.05, 0) is 19.3 Å². The molecule has 3 heteroatoms. The van der Waals surface area contributed by atoms with Crippen molar-refractivity contribution in [2.75, 3.05) is 12.3 Å². The average Bonchev–Trinajstić information content (AvgIpc) is 2.35.